The molecule has 2 aliphatic carbocycles. The molecule has 0 heterocycles. The molecule has 5 aromatic rings. The van der Waals surface area contributed by atoms with E-state index >= 15 is 0 Å². The van der Waals surface area contributed by atoms with Gasteiger partial charge in [0.05, 0.1) is 0 Å². The number of benzene rings is 5. The Labute approximate surface area is 252 Å². The molecule has 205 valence electrons. The third kappa shape index (κ3) is 3.94. The van der Waals surface area contributed by atoms with Gasteiger partial charge >= 0.3 is 255 Å². The van der Waals surface area contributed by atoms with Crippen LogP contribution in [0.4, 0.5) is 0 Å². The van der Waals surface area contributed by atoms with Gasteiger partial charge in [0.15, 0.2) is 0 Å². The van der Waals surface area contributed by atoms with E-state index in [1.54, 1.807) is 0 Å². The first kappa shape index (κ1) is 27.6. The molecule has 5 aromatic carbocycles. The summed E-state index contributed by atoms with van der Waals surface area (Å²) in [6, 6.07) is 35.7. The van der Waals surface area contributed by atoms with Crippen molar-refractivity contribution in [3.8, 4) is 22.3 Å². The molecule has 0 spiro atoms. The minimum atomic E-state index is -4.73. The average molecular weight is 670 g/mol. The van der Waals surface area contributed by atoms with Crippen LogP contribution < -0.4 is 3.27 Å². The molecule has 0 saturated heterocycles. The van der Waals surface area contributed by atoms with Crippen LogP contribution in [0.1, 0.15) is 44.8 Å². The molecule has 4 heteroatoms. The Morgan fingerprint density at radius 2 is 1.49 bits per heavy atom. The molecular formula is C37H35Cl2SiZr. The molecule has 0 aromatic heterocycles. The second kappa shape index (κ2) is 9.92. The quantitative estimate of drug-likeness (QED) is 0.160. The van der Waals surface area contributed by atoms with E-state index in [4.69, 9.17) is 17.0 Å². The Balaban J connectivity index is 1.49. The maximum atomic E-state index is 8.41. The van der Waals surface area contributed by atoms with Crippen molar-refractivity contribution in [1.29, 1.82) is 0 Å². The van der Waals surface area contributed by atoms with Crippen LogP contribution in [-0.4, -0.2) is 5.92 Å². The van der Waals surface area contributed by atoms with Crippen LogP contribution in [0.15, 0.2) is 103 Å². The number of halogens is 2. The van der Waals surface area contributed by atoms with Gasteiger partial charge in [0.25, 0.3) is 0 Å². The molecule has 0 bridgehead atoms. The molecule has 0 N–H and O–H groups in total. The average Bonchev–Trinajstić information content (AvgIpc) is 3.56. The van der Waals surface area contributed by atoms with Crippen molar-refractivity contribution in [2.75, 3.05) is 0 Å². The summed E-state index contributed by atoms with van der Waals surface area (Å²) in [5, 5.41) is 2.57. The van der Waals surface area contributed by atoms with E-state index in [-0.39, 0.29) is 3.63 Å². The van der Waals surface area contributed by atoms with Gasteiger partial charge in [-0.1, -0.05) is 0 Å². The van der Waals surface area contributed by atoms with Crippen molar-refractivity contribution in [2.45, 2.75) is 43.4 Å². The normalized spacial score (nSPS) is 16.7. The molecule has 0 saturated carbocycles. The zero-order valence-electron chi connectivity index (χ0n) is 24.1. The van der Waals surface area contributed by atoms with Crippen LogP contribution in [0.25, 0.3) is 39.1 Å². The van der Waals surface area contributed by atoms with Crippen molar-refractivity contribution in [3.05, 3.63) is 130 Å². The van der Waals surface area contributed by atoms with Gasteiger partial charge in [-0.3, -0.25) is 0 Å². The second-order valence-electron chi connectivity index (χ2n) is 12.3. The van der Waals surface area contributed by atoms with E-state index in [2.05, 4.69) is 130 Å². The summed E-state index contributed by atoms with van der Waals surface area (Å²) in [5.74, 6) is -1.58. The summed E-state index contributed by atoms with van der Waals surface area (Å²) in [5.41, 5.74) is 13.4. The van der Waals surface area contributed by atoms with Gasteiger partial charge < -0.3 is 0 Å². The summed E-state index contributed by atoms with van der Waals surface area (Å²) in [4.78, 5) is 0. The topological polar surface area (TPSA) is 0 Å². The van der Waals surface area contributed by atoms with Gasteiger partial charge in [0.2, 0.25) is 0 Å². The Morgan fingerprint density at radius 3 is 2.29 bits per heavy atom. The molecule has 1 atom stereocenters. The summed E-state index contributed by atoms with van der Waals surface area (Å²) in [7, 11) is 16.8. The number of fused-ring (bicyclic) bond motifs is 5. The van der Waals surface area contributed by atoms with E-state index in [9.17, 15) is 0 Å². The van der Waals surface area contributed by atoms with Crippen LogP contribution in [0.5, 0.6) is 0 Å². The van der Waals surface area contributed by atoms with Gasteiger partial charge in [-0.15, -0.1) is 0 Å². The van der Waals surface area contributed by atoms with Crippen LogP contribution in [0.2, 0.25) is 13.1 Å². The summed E-state index contributed by atoms with van der Waals surface area (Å²) < 4.78 is 1.41. The Kier molecular flexibility index (Phi) is 6.68. The van der Waals surface area contributed by atoms with Crippen LogP contribution in [0.3, 0.4) is 0 Å². The monoisotopic (exact) mass is 667 g/mol. The standard InChI is InChI=1S/C22H19.C13H9.C2H7Si.2ClH.Zr/c1-3-16-13-18-8-6-10-20(21(18)14-16)22-15(2)11-12-17-7-4-5-9-19(17)22;1-3-7-12-10(5-1)9-11-6-2-4-8-13(11)12;1-3-2;;;/h4-14H,3H2,1-2H3;1-5,7-8H,9H2;3H,1-2H3;2*1H;/q;;;;;+2/p-2. The maximum absolute atomic E-state index is 8.41. The van der Waals surface area contributed by atoms with Gasteiger partial charge in [-0.2, -0.15) is 0 Å². The SMILES string of the molecule is CCC1=Cc2c(-c3c(C)ccc4ccccc34)cccc2[CH]1[Zr]([Cl])([Cl])([c]1cccc2c1Cc1ccccc1-2)[SiH](C)C. The fourth-order valence-electron chi connectivity index (χ4n) is 7.76. The number of rotatable bonds is 5. The first-order valence-electron chi connectivity index (χ1n) is 14.8. The first-order valence-corrected chi connectivity index (χ1v) is 31.0. The van der Waals surface area contributed by atoms with Crippen molar-refractivity contribution in [3.63, 3.8) is 0 Å². The van der Waals surface area contributed by atoms with E-state index in [1.165, 1.54) is 69.7 Å². The Bertz CT molecular complexity index is 1900. The fraction of sp³-hybridized carbons (Fsp3) is 0.189. The van der Waals surface area contributed by atoms with Gasteiger partial charge in [0.1, 0.15) is 0 Å². The number of hydrogen-bond donors (Lipinski definition) is 0. The molecule has 0 amide bonds. The Morgan fingerprint density at radius 1 is 0.780 bits per heavy atom. The molecule has 0 aliphatic heterocycles. The molecule has 41 heavy (non-hydrogen) atoms. The second-order valence-corrected chi connectivity index (χ2v) is 53.7. The molecule has 2 aliphatic rings. The number of allylic oxidation sites excluding steroid dienone is 1. The van der Waals surface area contributed by atoms with Crippen molar-refractivity contribution >= 4 is 43.1 Å². The van der Waals surface area contributed by atoms with E-state index in [0.29, 0.717) is 0 Å². The summed E-state index contributed by atoms with van der Waals surface area (Å²) in [6.07, 6.45) is 4.34. The molecule has 0 fully saturated rings. The first-order chi connectivity index (χ1) is 19.7. The minimum absolute atomic E-state index is 0.0943. The third-order valence-electron chi connectivity index (χ3n) is 9.92. The van der Waals surface area contributed by atoms with Crippen LogP contribution >= 0.6 is 17.0 Å². The van der Waals surface area contributed by atoms with E-state index < -0.39 is 21.5 Å². The van der Waals surface area contributed by atoms with Crippen molar-refractivity contribution < 1.29 is 15.6 Å². The molecule has 7 rings (SSSR count). The summed E-state index contributed by atoms with van der Waals surface area (Å²) >= 11 is -4.73. The zero-order valence-corrected chi connectivity index (χ0v) is 29.3. The predicted molar refractivity (Wildman–Crippen MR) is 180 cm³/mol. The fourth-order valence-corrected chi connectivity index (χ4v) is 35.8. The van der Waals surface area contributed by atoms with Gasteiger partial charge in [0, 0.05) is 0 Å². The number of hydrogen-bond acceptors (Lipinski definition) is 0. The molecular weight excluding hydrogens is 635 g/mol. The van der Waals surface area contributed by atoms with Gasteiger partial charge in [-0.25, -0.2) is 0 Å². The van der Waals surface area contributed by atoms with Crippen LogP contribution in [-0.2, 0) is 22.0 Å². The third-order valence-corrected chi connectivity index (χ3v) is 59.9. The zero-order chi connectivity index (χ0) is 28.5. The number of aryl methyl sites for hydroxylation is 1. The van der Waals surface area contributed by atoms with Crippen molar-refractivity contribution in [2.24, 2.45) is 0 Å². The van der Waals surface area contributed by atoms with Crippen LogP contribution in [0, 0.1) is 6.92 Å². The predicted octanol–water partition coefficient (Wildman–Crippen LogP) is 10.5. The molecule has 0 nitrogen and oxygen atoms in total. The molecule has 0 radical (unpaired) electrons. The van der Waals surface area contributed by atoms with Crippen molar-refractivity contribution in [1.82, 2.24) is 0 Å². The summed E-state index contributed by atoms with van der Waals surface area (Å²) in [6.45, 7) is 9.34. The van der Waals surface area contributed by atoms with E-state index in [0.717, 1.165) is 12.8 Å². The molecule has 1 unspecified atom stereocenters. The Hall–Kier alpha value is -2.22. The van der Waals surface area contributed by atoms with Gasteiger partial charge in [-0.05, 0) is 0 Å². The van der Waals surface area contributed by atoms with E-state index in [1.807, 2.05) is 0 Å².